The van der Waals surface area contributed by atoms with Gasteiger partial charge in [-0.15, -0.1) is 0 Å². The van der Waals surface area contributed by atoms with Gasteiger partial charge in [-0.2, -0.15) is 0 Å². The number of rotatable bonds is 4. The minimum atomic E-state index is -0.200. The molecule has 1 unspecified atom stereocenters. The summed E-state index contributed by atoms with van der Waals surface area (Å²) in [6.45, 7) is 3.75. The number of nitrogens with two attached hydrogens (primary N) is 1. The predicted molar refractivity (Wildman–Crippen MR) is 71.0 cm³/mol. The summed E-state index contributed by atoms with van der Waals surface area (Å²) in [5, 5.41) is 8.93. The third-order valence-electron chi connectivity index (χ3n) is 3.66. The third kappa shape index (κ3) is 2.82. The molecular formula is C14H21FN2O. The fourth-order valence-electron chi connectivity index (χ4n) is 2.53. The lowest BCUT2D eigenvalue weighted by Gasteiger charge is -2.20. The number of hydrogen-bond acceptors (Lipinski definition) is 3. The van der Waals surface area contributed by atoms with Crippen LogP contribution in [-0.4, -0.2) is 24.8 Å². The van der Waals surface area contributed by atoms with Crippen LogP contribution in [0.4, 0.5) is 10.1 Å². The molecule has 1 aromatic carbocycles. The maximum atomic E-state index is 14.0. The van der Waals surface area contributed by atoms with Crippen molar-refractivity contribution < 1.29 is 9.50 Å². The summed E-state index contributed by atoms with van der Waals surface area (Å²) >= 11 is 0. The van der Waals surface area contributed by atoms with Gasteiger partial charge in [-0.3, -0.25) is 0 Å². The molecule has 0 saturated carbocycles. The van der Waals surface area contributed by atoms with Crippen LogP contribution in [0.1, 0.15) is 31.4 Å². The molecule has 4 heteroatoms. The molecule has 1 saturated heterocycles. The van der Waals surface area contributed by atoms with Crippen LogP contribution in [0.5, 0.6) is 0 Å². The molecule has 2 atom stereocenters. The molecule has 1 heterocycles. The van der Waals surface area contributed by atoms with Crippen molar-refractivity contribution in [3.63, 3.8) is 0 Å². The first-order valence-corrected chi connectivity index (χ1v) is 6.52. The Hall–Kier alpha value is -1.13. The molecule has 3 N–H and O–H groups in total. The normalized spacial score (nSPS) is 21.3. The first-order valence-electron chi connectivity index (χ1n) is 6.52. The lowest BCUT2D eigenvalue weighted by atomic mass is 10.1. The minimum absolute atomic E-state index is 0.144. The maximum Gasteiger partial charge on any atom is 0.146 e. The molecule has 100 valence electrons. The highest BCUT2D eigenvalue weighted by molar-refractivity contribution is 5.50. The van der Waals surface area contributed by atoms with Crippen LogP contribution in [0, 0.1) is 11.7 Å². The predicted octanol–water partition coefficient (Wildman–Crippen LogP) is 2.05. The van der Waals surface area contributed by atoms with E-state index in [1.807, 2.05) is 19.1 Å². The SMILES string of the molecule is C[C@@H](N)c1ccc(N2CCC(CCO)C2)c(F)c1. The number of benzene rings is 1. The molecule has 0 radical (unpaired) electrons. The Kier molecular flexibility index (Phi) is 4.19. The molecule has 0 amide bonds. The van der Waals surface area contributed by atoms with Crippen molar-refractivity contribution in [2.75, 3.05) is 24.6 Å². The number of hydrogen-bond donors (Lipinski definition) is 2. The Balaban J connectivity index is 2.10. The molecule has 0 bridgehead atoms. The zero-order chi connectivity index (χ0) is 13.1. The van der Waals surface area contributed by atoms with Gasteiger partial charge in [0.2, 0.25) is 0 Å². The van der Waals surface area contributed by atoms with E-state index in [0.29, 0.717) is 11.6 Å². The summed E-state index contributed by atoms with van der Waals surface area (Å²) in [6, 6.07) is 5.09. The highest BCUT2D eigenvalue weighted by Gasteiger charge is 2.24. The van der Waals surface area contributed by atoms with E-state index in [4.69, 9.17) is 10.8 Å². The highest BCUT2D eigenvalue weighted by atomic mass is 19.1. The van der Waals surface area contributed by atoms with Crippen LogP contribution >= 0.6 is 0 Å². The number of nitrogens with zero attached hydrogens (tertiary/aromatic N) is 1. The van der Waals surface area contributed by atoms with E-state index in [0.717, 1.165) is 31.5 Å². The Bertz CT molecular complexity index is 409. The second kappa shape index (κ2) is 5.67. The van der Waals surface area contributed by atoms with Crippen LogP contribution in [0.2, 0.25) is 0 Å². The van der Waals surface area contributed by atoms with E-state index in [2.05, 4.69) is 4.90 Å². The van der Waals surface area contributed by atoms with Gasteiger partial charge in [0.25, 0.3) is 0 Å². The van der Waals surface area contributed by atoms with E-state index in [1.54, 1.807) is 0 Å². The summed E-state index contributed by atoms with van der Waals surface area (Å²) in [6.07, 6.45) is 1.82. The zero-order valence-corrected chi connectivity index (χ0v) is 10.8. The third-order valence-corrected chi connectivity index (χ3v) is 3.66. The fourth-order valence-corrected chi connectivity index (χ4v) is 2.53. The van der Waals surface area contributed by atoms with Gasteiger partial charge in [-0.1, -0.05) is 6.07 Å². The molecule has 0 aromatic heterocycles. The lowest BCUT2D eigenvalue weighted by Crippen LogP contribution is -2.21. The Labute approximate surface area is 107 Å². The summed E-state index contributed by atoms with van der Waals surface area (Å²) in [5.74, 6) is 0.275. The smallest absolute Gasteiger partial charge is 0.146 e. The first kappa shape index (κ1) is 13.3. The van der Waals surface area contributed by atoms with Crippen molar-refractivity contribution in [1.82, 2.24) is 0 Å². The van der Waals surface area contributed by atoms with Crippen molar-refractivity contribution in [1.29, 1.82) is 0 Å². The molecule has 0 spiro atoms. The van der Waals surface area contributed by atoms with E-state index in [-0.39, 0.29) is 18.5 Å². The van der Waals surface area contributed by atoms with Crippen molar-refractivity contribution in [3.8, 4) is 0 Å². The summed E-state index contributed by atoms with van der Waals surface area (Å²) in [5.41, 5.74) is 7.21. The average molecular weight is 252 g/mol. The number of aliphatic hydroxyl groups excluding tert-OH is 1. The molecule has 1 aliphatic rings. The van der Waals surface area contributed by atoms with Crippen LogP contribution in [0.15, 0.2) is 18.2 Å². The fraction of sp³-hybridized carbons (Fsp3) is 0.571. The molecule has 1 fully saturated rings. The second-order valence-electron chi connectivity index (χ2n) is 5.11. The molecule has 1 aromatic rings. The largest absolute Gasteiger partial charge is 0.396 e. The van der Waals surface area contributed by atoms with E-state index in [1.165, 1.54) is 6.07 Å². The Morgan fingerprint density at radius 2 is 2.33 bits per heavy atom. The number of anilines is 1. The first-order chi connectivity index (χ1) is 8.61. The minimum Gasteiger partial charge on any atom is -0.396 e. The van der Waals surface area contributed by atoms with Gasteiger partial charge in [0.15, 0.2) is 0 Å². The highest BCUT2D eigenvalue weighted by Crippen LogP contribution is 2.29. The zero-order valence-electron chi connectivity index (χ0n) is 10.8. The Morgan fingerprint density at radius 3 is 2.94 bits per heavy atom. The van der Waals surface area contributed by atoms with E-state index >= 15 is 0 Å². The Morgan fingerprint density at radius 1 is 1.56 bits per heavy atom. The molecule has 18 heavy (non-hydrogen) atoms. The van der Waals surface area contributed by atoms with Gasteiger partial charge in [-0.05, 0) is 43.4 Å². The molecule has 2 rings (SSSR count). The van der Waals surface area contributed by atoms with Gasteiger partial charge in [0.1, 0.15) is 5.82 Å². The molecule has 3 nitrogen and oxygen atoms in total. The van der Waals surface area contributed by atoms with Gasteiger partial charge in [0, 0.05) is 25.7 Å². The molecular weight excluding hydrogens is 231 g/mol. The van der Waals surface area contributed by atoms with Crippen LogP contribution < -0.4 is 10.6 Å². The second-order valence-corrected chi connectivity index (χ2v) is 5.11. The van der Waals surface area contributed by atoms with Crippen molar-refractivity contribution in [2.45, 2.75) is 25.8 Å². The van der Waals surface area contributed by atoms with Crippen LogP contribution in [-0.2, 0) is 0 Å². The molecule has 0 aliphatic carbocycles. The topological polar surface area (TPSA) is 49.5 Å². The summed E-state index contributed by atoms with van der Waals surface area (Å²) < 4.78 is 14.0. The lowest BCUT2D eigenvalue weighted by molar-refractivity contribution is 0.263. The number of halogens is 1. The summed E-state index contributed by atoms with van der Waals surface area (Å²) in [7, 11) is 0. The van der Waals surface area contributed by atoms with Crippen molar-refractivity contribution >= 4 is 5.69 Å². The molecule has 1 aliphatic heterocycles. The van der Waals surface area contributed by atoms with E-state index < -0.39 is 0 Å². The van der Waals surface area contributed by atoms with Crippen molar-refractivity contribution in [2.24, 2.45) is 11.7 Å². The van der Waals surface area contributed by atoms with Gasteiger partial charge >= 0.3 is 0 Å². The standard InChI is InChI=1S/C14H21FN2O/c1-10(16)12-2-3-14(13(15)8-12)17-6-4-11(9-17)5-7-18/h2-3,8,10-11,18H,4-7,9,16H2,1H3/t10-,11?/m1/s1. The number of aliphatic hydroxyl groups is 1. The average Bonchev–Trinajstić information content (AvgIpc) is 2.77. The van der Waals surface area contributed by atoms with Gasteiger partial charge in [-0.25, -0.2) is 4.39 Å². The van der Waals surface area contributed by atoms with Gasteiger partial charge in [0.05, 0.1) is 5.69 Å². The van der Waals surface area contributed by atoms with Crippen LogP contribution in [0.25, 0.3) is 0 Å². The van der Waals surface area contributed by atoms with Crippen molar-refractivity contribution in [3.05, 3.63) is 29.6 Å². The van der Waals surface area contributed by atoms with Crippen LogP contribution in [0.3, 0.4) is 0 Å². The quantitative estimate of drug-likeness (QED) is 0.862. The van der Waals surface area contributed by atoms with E-state index in [9.17, 15) is 4.39 Å². The monoisotopic (exact) mass is 252 g/mol. The van der Waals surface area contributed by atoms with Gasteiger partial charge < -0.3 is 15.7 Å². The maximum absolute atomic E-state index is 14.0. The summed E-state index contributed by atoms with van der Waals surface area (Å²) in [4.78, 5) is 2.06.